The summed E-state index contributed by atoms with van der Waals surface area (Å²) in [6.07, 6.45) is 14.4. The molecule has 6 atom stereocenters. The number of allylic oxidation sites excluding steroid dienone is 1. The van der Waals surface area contributed by atoms with Crippen LogP contribution in [0.15, 0.2) is 11.6 Å². The number of ether oxygens (including phenoxy) is 3. The molecule has 1 saturated heterocycles. The summed E-state index contributed by atoms with van der Waals surface area (Å²) in [5.41, 5.74) is 2.50. The molecule has 4 fully saturated rings. The summed E-state index contributed by atoms with van der Waals surface area (Å²) in [6.45, 7) is 6.52. The molecule has 0 aromatic heterocycles. The summed E-state index contributed by atoms with van der Waals surface area (Å²) in [4.78, 5) is 0. The molecular weight excluding hydrogens is 324 g/mol. The van der Waals surface area contributed by atoms with Gasteiger partial charge in [0.15, 0.2) is 5.79 Å². The molecule has 1 aliphatic heterocycles. The van der Waals surface area contributed by atoms with Crippen LogP contribution in [-0.2, 0) is 14.2 Å². The van der Waals surface area contributed by atoms with Crippen LogP contribution < -0.4 is 0 Å². The summed E-state index contributed by atoms with van der Waals surface area (Å²) in [5, 5.41) is 0. The van der Waals surface area contributed by atoms with Crippen LogP contribution in [-0.4, -0.2) is 32.2 Å². The number of rotatable bonds is 2. The molecule has 0 bridgehead atoms. The molecule has 4 aliphatic carbocycles. The fourth-order valence-corrected chi connectivity index (χ4v) is 8.16. The third kappa shape index (κ3) is 2.23. The van der Waals surface area contributed by atoms with E-state index in [1.54, 1.807) is 5.57 Å². The van der Waals surface area contributed by atoms with Crippen molar-refractivity contribution in [3.63, 3.8) is 0 Å². The quantitative estimate of drug-likeness (QED) is 0.641. The van der Waals surface area contributed by atoms with E-state index in [0.717, 1.165) is 43.8 Å². The van der Waals surface area contributed by atoms with Crippen LogP contribution in [0, 0.1) is 28.6 Å². The summed E-state index contributed by atoms with van der Waals surface area (Å²) in [7, 11) is 1.93. The average molecular weight is 361 g/mol. The van der Waals surface area contributed by atoms with Gasteiger partial charge in [0.25, 0.3) is 0 Å². The van der Waals surface area contributed by atoms with Crippen LogP contribution in [0.5, 0.6) is 0 Å². The zero-order valence-electron chi connectivity index (χ0n) is 16.9. The molecule has 3 saturated carbocycles. The van der Waals surface area contributed by atoms with Gasteiger partial charge < -0.3 is 14.2 Å². The topological polar surface area (TPSA) is 27.7 Å². The van der Waals surface area contributed by atoms with Gasteiger partial charge in [0.1, 0.15) is 0 Å². The van der Waals surface area contributed by atoms with Crippen molar-refractivity contribution >= 4 is 0 Å². The summed E-state index contributed by atoms with van der Waals surface area (Å²) in [6, 6.07) is 0. The lowest BCUT2D eigenvalue weighted by Gasteiger charge is -2.59. The summed E-state index contributed by atoms with van der Waals surface area (Å²) >= 11 is 0. The maximum atomic E-state index is 6.09. The first-order chi connectivity index (χ1) is 12.6. The highest BCUT2D eigenvalue weighted by atomic mass is 16.7. The predicted octanol–water partition coefficient (Wildman–Crippen LogP) is 5.10. The first kappa shape index (κ1) is 17.7. The van der Waals surface area contributed by atoms with E-state index in [2.05, 4.69) is 19.9 Å². The maximum absolute atomic E-state index is 6.09. The first-order valence-electron chi connectivity index (χ1n) is 11.1. The maximum Gasteiger partial charge on any atom is 0.172 e. The van der Waals surface area contributed by atoms with E-state index in [9.17, 15) is 0 Å². The molecule has 26 heavy (non-hydrogen) atoms. The lowest BCUT2D eigenvalue weighted by Crippen LogP contribution is -2.53. The molecule has 6 unspecified atom stereocenters. The predicted molar refractivity (Wildman–Crippen MR) is 102 cm³/mol. The largest absolute Gasteiger partial charge is 0.381 e. The molecule has 5 rings (SSSR count). The normalized spacial score (nSPS) is 49.4. The molecule has 0 amide bonds. The van der Waals surface area contributed by atoms with E-state index in [-0.39, 0.29) is 5.79 Å². The molecule has 0 aromatic rings. The van der Waals surface area contributed by atoms with Crippen molar-refractivity contribution in [1.82, 2.24) is 0 Å². The van der Waals surface area contributed by atoms with Crippen molar-refractivity contribution in [2.24, 2.45) is 28.6 Å². The Morgan fingerprint density at radius 3 is 2.62 bits per heavy atom. The zero-order valence-corrected chi connectivity index (χ0v) is 16.9. The third-order valence-electron chi connectivity index (χ3n) is 9.48. The zero-order chi connectivity index (χ0) is 18.0. The van der Waals surface area contributed by atoms with Crippen LogP contribution in [0.3, 0.4) is 0 Å². The molecule has 3 nitrogen and oxygen atoms in total. The van der Waals surface area contributed by atoms with Crippen molar-refractivity contribution in [1.29, 1.82) is 0 Å². The van der Waals surface area contributed by atoms with Gasteiger partial charge in [-0.3, -0.25) is 0 Å². The van der Waals surface area contributed by atoms with Gasteiger partial charge in [-0.25, -0.2) is 0 Å². The molecular formula is C23H36O3. The van der Waals surface area contributed by atoms with Gasteiger partial charge in [0.2, 0.25) is 0 Å². The van der Waals surface area contributed by atoms with E-state index in [0.29, 0.717) is 16.9 Å². The molecule has 0 N–H and O–H groups in total. The second kappa shape index (κ2) is 6.06. The SMILES string of the molecule is CCC12CCC3(CC1=CCC1C2CCC2(C)C(OC)CCC12)OCCO3. The Morgan fingerprint density at radius 2 is 1.88 bits per heavy atom. The van der Waals surface area contributed by atoms with Gasteiger partial charge in [-0.1, -0.05) is 25.5 Å². The minimum absolute atomic E-state index is 0.283. The highest BCUT2D eigenvalue weighted by Gasteiger charge is 2.61. The van der Waals surface area contributed by atoms with Gasteiger partial charge in [0, 0.05) is 20.0 Å². The highest BCUT2D eigenvalue weighted by molar-refractivity contribution is 5.27. The van der Waals surface area contributed by atoms with Gasteiger partial charge in [0.05, 0.1) is 19.3 Å². The van der Waals surface area contributed by atoms with Crippen LogP contribution >= 0.6 is 0 Å². The summed E-state index contributed by atoms with van der Waals surface area (Å²) < 4.78 is 18.1. The molecule has 0 radical (unpaired) electrons. The number of hydrogen-bond donors (Lipinski definition) is 0. The monoisotopic (exact) mass is 360 g/mol. The van der Waals surface area contributed by atoms with Crippen LogP contribution in [0.4, 0.5) is 0 Å². The summed E-state index contributed by atoms with van der Waals surface area (Å²) in [5.74, 6) is 2.29. The Hall–Kier alpha value is -0.380. The van der Waals surface area contributed by atoms with Crippen molar-refractivity contribution in [3.8, 4) is 0 Å². The second-order valence-corrected chi connectivity index (χ2v) is 9.98. The minimum Gasteiger partial charge on any atom is -0.381 e. The number of methoxy groups -OCH3 is 1. The first-order valence-corrected chi connectivity index (χ1v) is 11.1. The van der Waals surface area contributed by atoms with Crippen LogP contribution in [0.1, 0.15) is 71.6 Å². The standard InChI is InChI=1S/C23H36O3/c1-4-22-11-12-23(25-13-14-26-23)15-16(22)5-6-17-18-7-8-20(24-3)21(18,2)10-9-19(17)22/h5,17-20H,4,6-15H2,1-3H3. The Balaban J connectivity index is 1.47. The number of fused-ring (bicyclic) bond motifs is 5. The Bertz CT molecular complexity index is 592. The van der Waals surface area contributed by atoms with Gasteiger partial charge in [-0.15, -0.1) is 0 Å². The van der Waals surface area contributed by atoms with Crippen molar-refractivity contribution < 1.29 is 14.2 Å². The molecule has 146 valence electrons. The smallest absolute Gasteiger partial charge is 0.172 e. The second-order valence-electron chi connectivity index (χ2n) is 9.98. The molecule has 3 heteroatoms. The fourth-order valence-electron chi connectivity index (χ4n) is 8.16. The minimum atomic E-state index is -0.283. The van der Waals surface area contributed by atoms with E-state index in [1.165, 1.54) is 44.9 Å². The average Bonchev–Trinajstić information content (AvgIpc) is 3.25. The fraction of sp³-hybridized carbons (Fsp3) is 0.913. The molecule has 1 spiro atoms. The highest BCUT2D eigenvalue weighted by Crippen LogP contribution is 2.67. The molecule has 5 aliphatic rings. The van der Waals surface area contributed by atoms with Gasteiger partial charge in [-0.05, 0) is 73.5 Å². The Morgan fingerprint density at radius 1 is 1.08 bits per heavy atom. The van der Waals surface area contributed by atoms with E-state index >= 15 is 0 Å². The van der Waals surface area contributed by atoms with Crippen molar-refractivity contribution in [2.45, 2.75) is 83.5 Å². The third-order valence-corrected chi connectivity index (χ3v) is 9.48. The van der Waals surface area contributed by atoms with Gasteiger partial charge >= 0.3 is 0 Å². The van der Waals surface area contributed by atoms with Crippen LogP contribution in [0.2, 0.25) is 0 Å². The molecule has 0 aromatic carbocycles. The van der Waals surface area contributed by atoms with E-state index in [1.807, 2.05) is 7.11 Å². The van der Waals surface area contributed by atoms with E-state index < -0.39 is 0 Å². The number of hydrogen-bond acceptors (Lipinski definition) is 3. The molecule has 1 heterocycles. The van der Waals surface area contributed by atoms with Gasteiger partial charge in [-0.2, -0.15) is 0 Å². The lowest BCUT2D eigenvalue weighted by molar-refractivity contribution is -0.188. The van der Waals surface area contributed by atoms with Crippen LogP contribution in [0.25, 0.3) is 0 Å². The van der Waals surface area contributed by atoms with E-state index in [4.69, 9.17) is 14.2 Å². The Kier molecular flexibility index (Phi) is 4.12. The van der Waals surface area contributed by atoms with Crippen molar-refractivity contribution in [3.05, 3.63) is 11.6 Å². The Labute approximate surface area is 158 Å². The lowest BCUT2D eigenvalue weighted by atomic mass is 9.46. The van der Waals surface area contributed by atoms with Crippen molar-refractivity contribution in [2.75, 3.05) is 20.3 Å².